The van der Waals surface area contributed by atoms with Gasteiger partial charge in [0.1, 0.15) is 0 Å². The van der Waals surface area contributed by atoms with E-state index in [4.69, 9.17) is 4.52 Å². The topological polar surface area (TPSA) is 51.0 Å². The van der Waals surface area contributed by atoms with Gasteiger partial charge in [-0.2, -0.15) is 16.7 Å². The van der Waals surface area contributed by atoms with Crippen LogP contribution in [0.1, 0.15) is 64.1 Å². The zero-order chi connectivity index (χ0) is 14.4. The molecule has 0 amide bonds. The van der Waals surface area contributed by atoms with Gasteiger partial charge in [-0.3, -0.25) is 0 Å². The Morgan fingerprint density at radius 1 is 1.35 bits per heavy atom. The highest BCUT2D eigenvalue weighted by atomic mass is 32.2. The highest BCUT2D eigenvalue weighted by Gasteiger charge is 2.30. The summed E-state index contributed by atoms with van der Waals surface area (Å²) in [5.74, 6) is 4.82. The summed E-state index contributed by atoms with van der Waals surface area (Å²) in [4.78, 5) is 4.62. The van der Waals surface area contributed by atoms with Crippen LogP contribution in [0, 0.1) is 5.92 Å². The normalized spacial score (nSPS) is 23.4. The van der Waals surface area contributed by atoms with Crippen LogP contribution in [0.3, 0.4) is 0 Å². The summed E-state index contributed by atoms with van der Waals surface area (Å²) in [6.07, 6.45) is 4.96. The fourth-order valence-electron chi connectivity index (χ4n) is 2.80. The summed E-state index contributed by atoms with van der Waals surface area (Å²) in [6.45, 7) is 7.63. The lowest BCUT2D eigenvalue weighted by Gasteiger charge is -2.29. The van der Waals surface area contributed by atoms with Crippen LogP contribution in [0.15, 0.2) is 4.52 Å². The first-order valence-corrected chi connectivity index (χ1v) is 8.99. The average molecular weight is 297 g/mol. The number of nitrogens with one attached hydrogen (secondary N) is 1. The molecule has 1 aliphatic rings. The molecule has 0 bridgehead atoms. The van der Waals surface area contributed by atoms with Crippen molar-refractivity contribution >= 4 is 11.8 Å². The van der Waals surface area contributed by atoms with Gasteiger partial charge in [0.25, 0.3) is 0 Å². The smallest absolute Gasteiger partial charge is 0.231 e. The van der Waals surface area contributed by atoms with Crippen molar-refractivity contribution in [2.24, 2.45) is 5.92 Å². The van der Waals surface area contributed by atoms with Gasteiger partial charge in [-0.25, -0.2) is 0 Å². The van der Waals surface area contributed by atoms with E-state index in [1.807, 2.05) is 11.8 Å². The van der Waals surface area contributed by atoms with Gasteiger partial charge in [0.15, 0.2) is 5.82 Å². The van der Waals surface area contributed by atoms with Crippen molar-refractivity contribution in [3.8, 4) is 0 Å². The van der Waals surface area contributed by atoms with Crippen molar-refractivity contribution in [3.63, 3.8) is 0 Å². The molecule has 0 radical (unpaired) electrons. The van der Waals surface area contributed by atoms with Crippen molar-refractivity contribution in [1.29, 1.82) is 0 Å². The Morgan fingerprint density at radius 3 is 2.90 bits per heavy atom. The molecule has 0 saturated heterocycles. The van der Waals surface area contributed by atoms with Gasteiger partial charge in [0.2, 0.25) is 5.89 Å². The SMILES string of the molecule is CCNC1CCCCC1c1nc(CSCC(C)C)no1. The van der Waals surface area contributed by atoms with Crippen molar-refractivity contribution < 1.29 is 4.52 Å². The summed E-state index contributed by atoms with van der Waals surface area (Å²) in [5.41, 5.74) is 0. The third-order valence-corrected chi connectivity index (χ3v) is 5.08. The fraction of sp³-hybridized carbons (Fsp3) is 0.867. The minimum atomic E-state index is 0.403. The molecule has 0 aliphatic heterocycles. The Hall–Kier alpha value is -0.550. The Labute approximate surface area is 126 Å². The number of aromatic nitrogens is 2. The van der Waals surface area contributed by atoms with Crippen LogP contribution in [0.2, 0.25) is 0 Å². The second-order valence-electron chi connectivity index (χ2n) is 6.01. The van der Waals surface area contributed by atoms with Gasteiger partial charge in [-0.1, -0.05) is 38.8 Å². The van der Waals surface area contributed by atoms with E-state index in [0.717, 1.165) is 29.8 Å². The van der Waals surface area contributed by atoms with E-state index in [1.165, 1.54) is 25.7 Å². The summed E-state index contributed by atoms with van der Waals surface area (Å²) in [5, 5.41) is 7.72. The minimum absolute atomic E-state index is 0.403. The largest absolute Gasteiger partial charge is 0.339 e. The molecule has 1 saturated carbocycles. The maximum Gasteiger partial charge on any atom is 0.231 e. The molecule has 5 heteroatoms. The Balaban J connectivity index is 1.92. The van der Waals surface area contributed by atoms with Gasteiger partial charge in [-0.05, 0) is 31.1 Å². The molecule has 1 aliphatic carbocycles. The van der Waals surface area contributed by atoms with E-state index < -0.39 is 0 Å². The van der Waals surface area contributed by atoms with Crippen LogP contribution in [0.5, 0.6) is 0 Å². The molecule has 1 heterocycles. The second kappa shape index (κ2) is 8.03. The van der Waals surface area contributed by atoms with Crippen LogP contribution >= 0.6 is 11.8 Å². The first-order valence-electron chi connectivity index (χ1n) is 7.84. The molecule has 0 aromatic carbocycles. The number of likely N-dealkylation sites (N-methyl/N-ethyl adjacent to an activating group) is 1. The van der Waals surface area contributed by atoms with Crippen LogP contribution in [0.25, 0.3) is 0 Å². The zero-order valence-electron chi connectivity index (χ0n) is 12.9. The molecule has 4 nitrogen and oxygen atoms in total. The third-order valence-electron chi connectivity index (χ3n) is 3.72. The molecule has 2 rings (SSSR count). The molecule has 1 N–H and O–H groups in total. The first-order chi connectivity index (χ1) is 9.70. The van der Waals surface area contributed by atoms with Gasteiger partial charge in [0.05, 0.1) is 11.7 Å². The lowest BCUT2D eigenvalue weighted by atomic mass is 9.84. The van der Waals surface area contributed by atoms with E-state index in [1.54, 1.807) is 0 Å². The van der Waals surface area contributed by atoms with E-state index in [2.05, 4.69) is 36.2 Å². The molecule has 114 valence electrons. The number of hydrogen-bond acceptors (Lipinski definition) is 5. The van der Waals surface area contributed by atoms with Crippen LogP contribution in [-0.2, 0) is 5.75 Å². The highest BCUT2D eigenvalue weighted by Crippen LogP contribution is 2.32. The average Bonchev–Trinajstić information content (AvgIpc) is 2.88. The van der Waals surface area contributed by atoms with Crippen molar-refractivity contribution in [2.75, 3.05) is 12.3 Å². The number of thioether (sulfide) groups is 1. The Morgan fingerprint density at radius 2 is 2.15 bits per heavy atom. The molecule has 2 unspecified atom stereocenters. The minimum Gasteiger partial charge on any atom is -0.339 e. The quantitative estimate of drug-likeness (QED) is 0.833. The summed E-state index contributed by atoms with van der Waals surface area (Å²) >= 11 is 1.88. The maximum atomic E-state index is 5.52. The number of rotatable bonds is 7. The van der Waals surface area contributed by atoms with Crippen molar-refractivity contribution in [3.05, 3.63) is 11.7 Å². The fourth-order valence-corrected chi connectivity index (χ4v) is 3.68. The predicted molar refractivity (Wildman–Crippen MR) is 84.0 cm³/mol. The zero-order valence-corrected chi connectivity index (χ0v) is 13.7. The highest BCUT2D eigenvalue weighted by molar-refractivity contribution is 7.98. The standard InChI is InChI=1S/C15H27N3OS/c1-4-16-13-8-6-5-7-12(13)15-17-14(18-19-15)10-20-9-11(2)3/h11-13,16H,4-10H2,1-3H3. The van der Waals surface area contributed by atoms with Gasteiger partial charge < -0.3 is 9.84 Å². The van der Waals surface area contributed by atoms with Gasteiger partial charge >= 0.3 is 0 Å². The molecule has 20 heavy (non-hydrogen) atoms. The lowest BCUT2D eigenvalue weighted by molar-refractivity contribution is 0.264. The predicted octanol–water partition coefficient (Wildman–Crippen LogP) is 3.59. The first kappa shape index (κ1) is 15.8. The van der Waals surface area contributed by atoms with Crippen LogP contribution in [-0.4, -0.2) is 28.5 Å². The van der Waals surface area contributed by atoms with E-state index in [-0.39, 0.29) is 0 Å². The third kappa shape index (κ3) is 4.48. The molecular formula is C15H27N3OS. The van der Waals surface area contributed by atoms with Gasteiger partial charge in [-0.15, -0.1) is 0 Å². The van der Waals surface area contributed by atoms with E-state index in [0.29, 0.717) is 17.9 Å². The summed E-state index contributed by atoms with van der Waals surface area (Å²) < 4.78 is 5.52. The van der Waals surface area contributed by atoms with Crippen molar-refractivity contribution in [2.45, 2.75) is 64.2 Å². The monoisotopic (exact) mass is 297 g/mol. The van der Waals surface area contributed by atoms with E-state index >= 15 is 0 Å². The van der Waals surface area contributed by atoms with E-state index in [9.17, 15) is 0 Å². The Kier molecular flexibility index (Phi) is 6.36. The van der Waals surface area contributed by atoms with Gasteiger partial charge in [0, 0.05) is 6.04 Å². The molecule has 2 atom stereocenters. The lowest BCUT2D eigenvalue weighted by Crippen LogP contribution is -2.37. The second-order valence-corrected chi connectivity index (χ2v) is 7.04. The van der Waals surface area contributed by atoms with Crippen molar-refractivity contribution in [1.82, 2.24) is 15.5 Å². The molecule has 1 aromatic heterocycles. The number of nitrogens with zero attached hydrogens (tertiary/aromatic N) is 2. The molecular weight excluding hydrogens is 270 g/mol. The summed E-state index contributed by atoms with van der Waals surface area (Å²) in [6, 6.07) is 0.505. The molecule has 0 spiro atoms. The van der Waals surface area contributed by atoms with Crippen LogP contribution in [0.4, 0.5) is 0 Å². The van der Waals surface area contributed by atoms with Crippen LogP contribution < -0.4 is 5.32 Å². The number of hydrogen-bond donors (Lipinski definition) is 1. The maximum absolute atomic E-state index is 5.52. The summed E-state index contributed by atoms with van der Waals surface area (Å²) in [7, 11) is 0. The Bertz CT molecular complexity index is 392. The molecule has 1 fully saturated rings. The molecule has 1 aromatic rings.